The molecule has 1 aliphatic rings. The van der Waals surface area contributed by atoms with Crippen LogP contribution in [0.2, 0.25) is 0 Å². The summed E-state index contributed by atoms with van der Waals surface area (Å²) in [4.78, 5) is 10.5. The van der Waals surface area contributed by atoms with E-state index in [1.54, 1.807) is 6.33 Å². The lowest BCUT2D eigenvalue weighted by Gasteiger charge is -2.27. The van der Waals surface area contributed by atoms with Gasteiger partial charge in [0.1, 0.15) is 12.1 Å². The molecule has 0 unspecified atom stereocenters. The Morgan fingerprint density at radius 3 is 2.47 bits per heavy atom. The van der Waals surface area contributed by atoms with Crippen molar-refractivity contribution in [2.75, 3.05) is 31.2 Å². The predicted octanol–water partition coefficient (Wildman–Crippen LogP) is 1.65. The topological polar surface area (TPSA) is 38.2 Å². The zero-order chi connectivity index (χ0) is 11.1. The van der Waals surface area contributed by atoms with Crippen molar-refractivity contribution in [3.8, 4) is 0 Å². The first kappa shape index (κ1) is 11.9. The van der Waals surface area contributed by atoms with Gasteiger partial charge in [0.2, 0.25) is 0 Å². The molecule has 0 bridgehead atoms. The van der Waals surface area contributed by atoms with E-state index in [1.807, 2.05) is 26.8 Å². The summed E-state index contributed by atoms with van der Waals surface area (Å²) >= 11 is 0. The summed E-state index contributed by atoms with van der Waals surface area (Å²) < 4.78 is 5.27. The van der Waals surface area contributed by atoms with E-state index >= 15 is 0 Å². The van der Waals surface area contributed by atoms with E-state index in [-0.39, 0.29) is 0 Å². The van der Waals surface area contributed by atoms with E-state index < -0.39 is 0 Å². The van der Waals surface area contributed by atoms with E-state index in [2.05, 4.69) is 14.9 Å². The summed E-state index contributed by atoms with van der Waals surface area (Å²) in [6.07, 6.45) is 1.61. The number of hydrogen-bond donors (Lipinski definition) is 0. The number of ether oxygens (including phenoxy) is 1. The van der Waals surface area contributed by atoms with Crippen LogP contribution in [0.15, 0.2) is 12.4 Å². The van der Waals surface area contributed by atoms with Crippen LogP contribution < -0.4 is 4.90 Å². The van der Waals surface area contributed by atoms with Crippen molar-refractivity contribution < 1.29 is 4.74 Å². The highest BCUT2D eigenvalue weighted by molar-refractivity contribution is 5.38. The van der Waals surface area contributed by atoms with Crippen LogP contribution in [0.3, 0.4) is 0 Å². The van der Waals surface area contributed by atoms with Crippen LogP contribution in [0.4, 0.5) is 5.82 Å². The van der Waals surface area contributed by atoms with Gasteiger partial charge in [-0.25, -0.2) is 9.97 Å². The molecule has 1 fully saturated rings. The molecule has 0 radical (unpaired) electrons. The molecule has 0 spiro atoms. The maximum atomic E-state index is 5.27. The van der Waals surface area contributed by atoms with E-state index in [0.717, 1.165) is 37.8 Å². The standard InChI is InChI=1S/C9H13N3O.C2H6/c1-8-6-9(11-7-10-8)12-2-4-13-5-3-12;1-2/h6-7H,2-5H2,1H3;1-2H3. The first-order valence-electron chi connectivity index (χ1n) is 5.47. The fourth-order valence-electron chi connectivity index (χ4n) is 1.41. The van der Waals surface area contributed by atoms with Crippen molar-refractivity contribution >= 4 is 5.82 Å². The predicted molar refractivity (Wildman–Crippen MR) is 61.1 cm³/mol. The minimum absolute atomic E-state index is 0.795. The Balaban J connectivity index is 0.000000531. The third kappa shape index (κ3) is 3.47. The number of anilines is 1. The van der Waals surface area contributed by atoms with Gasteiger partial charge in [0, 0.05) is 24.8 Å². The lowest BCUT2D eigenvalue weighted by molar-refractivity contribution is 0.122. The minimum atomic E-state index is 0.795. The molecule has 0 saturated carbocycles. The van der Waals surface area contributed by atoms with Crippen LogP contribution in [-0.2, 0) is 4.74 Å². The molecule has 1 aromatic rings. The van der Waals surface area contributed by atoms with Gasteiger partial charge in [-0.1, -0.05) is 13.8 Å². The lowest BCUT2D eigenvalue weighted by atomic mass is 10.3. The molecule has 0 N–H and O–H groups in total. The van der Waals surface area contributed by atoms with Gasteiger partial charge in [0.05, 0.1) is 13.2 Å². The third-order valence-corrected chi connectivity index (χ3v) is 2.12. The summed E-state index contributed by atoms with van der Waals surface area (Å²) in [7, 11) is 0. The zero-order valence-electron chi connectivity index (χ0n) is 9.73. The van der Waals surface area contributed by atoms with Crippen molar-refractivity contribution in [1.82, 2.24) is 9.97 Å². The number of hydrogen-bond acceptors (Lipinski definition) is 4. The fourth-order valence-corrected chi connectivity index (χ4v) is 1.41. The number of aromatic nitrogens is 2. The van der Waals surface area contributed by atoms with Gasteiger partial charge in [-0.15, -0.1) is 0 Å². The first-order chi connectivity index (χ1) is 7.36. The Kier molecular flexibility index (Phi) is 5.04. The number of rotatable bonds is 1. The second-order valence-electron chi connectivity index (χ2n) is 3.12. The maximum absolute atomic E-state index is 5.27. The highest BCUT2D eigenvalue weighted by Crippen LogP contribution is 2.11. The largest absolute Gasteiger partial charge is 0.378 e. The number of nitrogens with zero attached hydrogens (tertiary/aromatic N) is 3. The van der Waals surface area contributed by atoms with Gasteiger partial charge in [-0.3, -0.25) is 0 Å². The second-order valence-corrected chi connectivity index (χ2v) is 3.12. The molecule has 1 aromatic heterocycles. The molecule has 1 aliphatic heterocycles. The van der Waals surface area contributed by atoms with Crippen molar-refractivity contribution in [3.63, 3.8) is 0 Å². The van der Waals surface area contributed by atoms with Gasteiger partial charge in [-0.2, -0.15) is 0 Å². The van der Waals surface area contributed by atoms with Crippen molar-refractivity contribution in [1.29, 1.82) is 0 Å². The highest BCUT2D eigenvalue weighted by Gasteiger charge is 2.11. The second kappa shape index (κ2) is 6.35. The number of morpholine rings is 1. The summed E-state index contributed by atoms with van der Waals surface area (Å²) in [6, 6.07) is 2.01. The molecule has 0 amide bonds. The maximum Gasteiger partial charge on any atom is 0.132 e. The molecule has 0 aliphatic carbocycles. The van der Waals surface area contributed by atoms with Crippen LogP contribution in [0.1, 0.15) is 19.5 Å². The van der Waals surface area contributed by atoms with Gasteiger partial charge in [0.15, 0.2) is 0 Å². The molecule has 15 heavy (non-hydrogen) atoms. The minimum Gasteiger partial charge on any atom is -0.378 e. The fraction of sp³-hybridized carbons (Fsp3) is 0.636. The Labute approximate surface area is 91.3 Å². The van der Waals surface area contributed by atoms with Gasteiger partial charge >= 0.3 is 0 Å². The van der Waals surface area contributed by atoms with Crippen molar-refractivity contribution in [2.24, 2.45) is 0 Å². The molecule has 0 atom stereocenters. The summed E-state index contributed by atoms with van der Waals surface area (Å²) in [5.41, 5.74) is 1.01. The van der Waals surface area contributed by atoms with Crippen LogP contribution >= 0.6 is 0 Å². The zero-order valence-corrected chi connectivity index (χ0v) is 9.73. The average molecular weight is 209 g/mol. The molecule has 84 valence electrons. The lowest BCUT2D eigenvalue weighted by Crippen LogP contribution is -2.36. The van der Waals surface area contributed by atoms with Gasteiger partial charge < -0.3 is 9.64 Å². The molecule has 2 rings (SSSR count). The molecule has 2 heterocycles. The smallest absolute Gasteiger partial charge is 0.132 e. The van der Waals surface area contributed by atoms with Crippen LogP contribution in [0.25, 0.3) is 0 Å². The third-order valence-electron chi connectivity index (χ3n) is 2.12. The van der Waals surface area contributed by atoms with E-state index in [1.165, 1.54) is 0 Å². The van der Waals surface area contributed by atoms with Crippen LogP contribution in [0, 0.1) is 6.92 Å². The summed E-state index contributed by atoms with van der Waals surface area (Å²) in [5.74, 6) is 1.01. The average Bonchev–Trinajstić information content (AvgIpc) is 2.33. The molecular formula is C11H19N3O. The van der Waals surface area contributed by atoms with Crippen LogP contribution in [0.5, 0.6) is 0 Å². The Morgan fingerprint density at radius 1 is 1.20 bits per heavy atom. The number of aryl methyl sites for hydroxylation is 1. The summed E-state index contributed by atoms with van der Waals surface area (Å²) in [6.45, 7) is 9.42. The van der Waals surface area contributed by atoms with Crippen molar-refractivity contribution in [3.05, 3.63) is 18.1 Å². The molecule has 4 nitrogen and oxygen atoms in total. The molecular weight excluding hydrogens is 190 g/mol. The van der Waals surface area contributed by atoms with E-state index in [0.29, 0.717) is 0 Å². The highest BCUT2D eigenvalue weighted by atomic mass is 16.5. The quantitative estimate of drug-likeness (QED) is 0.705. The normalized spacial score (nSPS) is 15.5. The Morgan fingerprint density at radius 2 is 1.87 bits per heavy atom. The molecule has 0 aromatic carbocycles. The first-order valence-corrected chi connectivity index (χ1v) is 5.47. The monoisotopic (exact) mass is 209 g/mol. The summed E-state index contributed by atoms with van der Waals surface area (Å²) in [5, 5.41) is 0. The van der Waals surface area contributed by atoms with E-state index in [9.17, 15) is 0 Å². The Bertz CT molecular complexity index is 285. The van der Waals surface area contributed by atoms with Crippen molar-refractivity contribution in [2.45, 2.75) is 20.8 Å². The Hall–Kier alpha value is -1.16. The molecule has 4 heteroatoms. The SMILES string of the molecule is CC.Cc1cc(N2CCOCC2)ncn1. The van der Waals surface area contributed by atoms with Gasteiger partial charge in [0.25, 0.3) is 0 Å². The molecule has 1 saturated heterocycles. The van der Waals surface area contributed by atoms with Gasteiger partial charge in [-0.05, 0) is 6.92 Å². The van der Waals surface area contributed by atoms with E-state index in [4.69, 9.17) is 4.74 Å². The van der Waals surface area contributed by atoms with Crippen LogP contribution in [-0.4, -0.2) is 36.3 Å².